The summed E-state index contributed by atoms with van der Waals surface area (Å²) >= 11 is 2.09. The predicted octanol–water partition coefficient (Wildman–Crippen LogP) is 1.59. The molecule has 0 bridgehead atoms. The van der Waals surface area contributed by atoms with Crippen LogP contribution in [0.5, 0.6) is 0 Å². The summed E-state index contributed by atoms with van der Waals surface area (Å²) in [5.74, 6) is -3.99. The first kappa shape index (κ1) is 25.3. The van der Waals surface area contributed by atoms with Crippen molar-refractivity contribution in [1.29, 1.82) is 0 Å². The molecule has 3 unspecified atom stereocenters. The lowest BCUT2D eigenvalue weighted by Crippen LogP contribution is -2.52. The summed E-state index contributed by atoms with van der Waals surface area (Å²) < 4.78 is 21.1. The van der Waals surface area contributed by atoms with E-state index >= 15 is 0 Å². The molecule has 0 aliphatic rings. The lowest BCUT2D eigenvalue weighted by Gasteiger charge is -2.30. The van der Waals surface area contributed by atoms with Crippen LogP contribution in [-0.4, -0.2) is 54.7 Å². The second kappa shape index (κ2) is 12.1. The molecule has 30 heavy (non-hydrogen) atoms. The minimum Gasteiger partial charge on any atom is -0.462 e. The van der Waals surface area contributed by atoms with Crippen molar-refractivity contribution in [3.63, 3.8) is 0 Å². The topological polar surface area (TPSA) is 134 Å². The summed E-state index contributed by atoms with van der Waals surface area (Å²) in [5.41, 5.74) is 0.392. The van der Waals surface area contributed by atoms with Crippen LogP contribution in [0.15, 0.2) is 24.3 Å². The minimum absolute atomic E-state index is 0.392. The SMILES string of the molecule is CC(=O)OCC(OC(C)=O)C(OC(C)=O)C(OC(C)=O)C(=O)Nc1ccc(I)cc1. The number of nitrogens with one attached hydrogen (secondary N) is 1. The maximum atomic E-state index is 12.9. The number of benzene rings is 1. The van der Waals surface area contributed by atoms with Crippen LogP contribution < -0.4 is 5.32 Å². The predicted molar refractivity (Wildman–Crippen MR) is 111 cm³/mol. The number of carbonyl (C=O) groups excluding carboxylic acids is 5. The van der Waals surface area contributed by atoms with Gasteiger partial charge in [-0.15, -0.1) is 0 Å². The van der Waals surface area contributed by atoms with Gasteiger partial charge in [-0.1, -0.05) is 0 Å². The van der Waals surface area contributed by atoms with Gasteiger partial charge in [-0.2, -0.15) is 0 Å². The average molecular weight is 535 g/mol. The molecule has 0 aromatic heterocycles. The summed E-state index contributed by atoms with van der Waals surface area (Å²) in [6, 6.07) is 6.72. The van der Waals surface area contributed by atoms with Gasteiger partial charge in [-0.25, -0.2) is 0 Å². The summed E-state index contributed by atoms with van der Waals surface area (Å²) in [7, 11) is 0. The van der Waals surface area contributed by atoms with Crippen molar-refractivity contribution in [3.8, 4) is 0 Å². The van der Waals surface area contributed by atoms with E-state index in [2.05, 4.69) is 27.9 Å². The first-order chi connectivity index (χ1) is 14.0. The van der Waals surface area contributed by atoms with Gasteiger partial charge in [0.15, 0.2) is 12.2 Å². The number of amides is 1. The molecule has 10 nitrogen and oxygen atoms in total. The van der Waals surface area contributed by atoms with Crippen LogP contribution in [-0.2, 0) is 42.9 Å². The largest absolute Gasteiger partial charge is 0.462 e. The van der Waals surface area contributed by atoms with Crippen molar-refractivity contribution in [1.82, 2.24) is 0 Å². The van der Waals surface area contributed by atoms with E-state index in [1.807, 2.05) is 0 Å². The van der Waals surface area contributed by atoms with E-state index in [0.717, 1.165) is 31.3 Å². The van der Waals surface area contributed by atoms with Crippen LogP contribution in [0.25, 0.3) is 0 Å². The van der Waals surface area contributed by atoms with Crippen molar-refractivity contribution < 1.29 is 42.9 Å². The molecule has 0 aliphatic carbocycles. The minimum atomic E-state index is -1.69. The standard InChI is InChI=1S/C19H22INO9/c1-10(22)27-9-16(28-11(2)23)17(29-12(3)24)18(30-13(4)25)19(26)21-15-7-5-14(20)6-8-15/h5-8,16-18H,9H2,1-4H3,(H,21,26). The fourth-order valence-corrected chi connectivity index (χ4v) is 2.69. The first-order valence-corrected chi connectivity index (χ1v) is 9.79. The highest BCUT2D eigenvalue weighted by atomic mass is 127. The molecule has 164 valence electrons. The van der Waals surface area contributed by atoms with Crippen molar-refractivity contribution in [2.45, 2.75) is 46.0 Å². The Bertz CT molecular complexity index is 794. The normalized spacial score (nSPS) is 13.2. The number of esters is 4. The van der Waals surface area contributed by atoms with Crippen molar-refractivity contribution in [2.75, 3.05) is 11.9 Å². The van der Waals surface area contributed by atoms with E-state index < -0.39 is 54.7 Å². The van der Waals surface area contributed by atoms with Crippen LogP contribution in [0, 0.1) is 3.57 Å². The van der Waals surface area contributed by atoms with E-state index in [-0.39, 0.29) is 0 Å². The van der Waals surface area contributed by atoms with Crippen molar-refractivity contribution in [2.24, 2.45) is 0 Å². The van der Waals surface area contributed by atoms with Gasteiger partial charge in [-0.3, -0.25) is 24.0 Å². The number of ether oxygens (including phenoxy) is 4. The zero-order valence-electron chi connectivity index (χ0n) is 16.8. The van der Waals surface area contributed by atoms with Crippen molar-refractivity contribution in [3.05, 3.63) is 27.8 Å². The number of anilines is 1. The van der Waals surface area contributed by atoms with Gasteiger partial charge >= 0.3 is 23.9 Å². The molecule has 0 saturated heterocycles. The lowest BCUT2D eigenvalue weighted by atomic mass is 10.1. The highest BCUT2D eigenvalue weighted by Gasteiger charge is 2.42. The molecule has 0 saturated carbocycles. The highest BCUT2D eigenvalue weighted by Crippen LogP contribution is 2.18. The number of carbonyl (C=O) groups is 5. The average Bonchev–Trinajstić information content (AvgIpc) is 2.62. The van der Waals surface area contributed by atoms with Crippen LogP contribution in [0.2, 0.25) is 0 Å². The molecule has 1 amide bonds. The summed E-state index contributed by atoms with van der Waals surface area (Å²) in [5, 5.41) is 2.54. The Balaban J connectivity index is 3.25. The zero-order valence-corrected chi connectivity index (χ0v) is 19.0. The van der Waals surface area contributed by atoms with E-state index in [4.69, 9.17) is 18.9 Å². The molecule has 0 radical (unpaired) electrons. The summed E-state index contributed by atoms with van der Waals surface area (Å²) in [6.45, 7) is 3.80. The Labute approximate surface area is 186 Å². The van der Waals surface area contributed by atoms with Gasteiger partial charge in [0.05, 0.1) is 0 Å². The zero-order chi connectivity index (χ0) is 22.8. The molecule has 0 fully saturated rings. The molecule has 0 aliphatic heterocycles. The summed E-state index contributed by atoms with van der Waals surface area (Å²) in [4.78, 5) is 58.8. The van der Waals surface area contributed by atoms with Crippen LogP contribution in [0.3, 0.4) is 0 Å². The van der Waals surface area contributed by atoms with Crippen molar-refractivity contribution >= 4 is 58.1 Å². The second-order valence-corrected chi connectivity index (χ2v) is 7.30. The number of hydrogen-bond acceptors (Lipinski definition) is 9. The van der Waals surface area contributed by atoms with E-state index in [1.165, 1.54) is 0 Å². The third kappa shape index (κ3) is 9.20. The maximum absolute atomic E-state index is 12.9. The Morgan fingerprint density at radius 1 is 0.833 bits per heavy atom. The Morgan fingerprint density at radius 2 is 1.37 bits per heavy atom. The van der Waals surface area contributed by atoms with Crippen LogP contribution in [0.4, 0.5) is 5.69 Å². The van der Waals surface area contributed by atoms with Gasteiger partial charge in [0.2, 0.25) is 6.10 Å². The fraction of sp³-hybridized carbons (Fsp3) is 0.421. The van der Waals surface area contributed by atoms with Gasteiger partial charge in [0.1, 0.15) is 6.61 Å². The molecule has 1 aromatic carbocycles. The Hall–Kier alpha value is -2.70. The van der Waals surface area contributed by atoms with Gasteiger partial charge in [0.25, 0.3) is 5.91 Å². The van der Waals surface area contributed by atoms with Gasteiger partial charge in [-0.05, 0) is 46.9 Å². The smallest absolute Gasteiger partial charge is 0.303 e. The summed E-state index contributed by atoms with van der Waals surface area (Å²) in [6.07, 6.45) is -4.66. The fourth-order valence-electron chi connectivity index (χ4n) is 2.33. The number of rotatable bonds is 9. The Morgan fingerprint density at radius 3 is 1.83 bits per heavy atom. The molecular formula is C19H22INO9. The molecule has 1 aromatic rings. The first-order valence-electron chi connectivity index (χ1n) is 8.71. The van der Waals surface area contributed by atoms with Gasteiger partial charge < -0.3 is 24.3 Å². The highest BCUT2D eigenvalue weighted by molar-refractivity contribution is 14.1. The molecule has 3 atom stereocenters. The lowest BCUT2D eigenvalue weighted by molar-refractivity contribution is -0.190. The molecule has 0 heterocycles. The van der Waals surface area contributed by atoms with E-state index in [1.54, 1.807) is 24.3 Å². The van der Waals surface area contributed by atoms with Gasteiger partial charge in [0, 0.05) is 37.0 Å². The third-order valence-electron chi connectivity index (χ3n) is 3.40. The molecule has 11 heteroatoms. The molecule has 1 rings (SSSR count). The second-order valence-electron chi connectivity index (χ2n) is 6.05. The van der Waals surface area contributed by atoms with Crippen LogP contribution >= 0.6 is 22.6 Å². The van der Waals surface area contributed by atoms with E-state index in [0.29, 0.717) is 5.69 Å². The van der Waals surface area contributed by atoms with E-state index in [9.17, 15) is 24.0 Å². The molecule has 1 N–H and O–H groups in total. The third-order valence-corrected chi connectivity index (χ3v) is 4.12. The monoisotopic (exact) mass is 535 g/mol. The molecule has 0 spiro atoms. The molecular weight excluding hydrogens is 513 g/mol. The Kier molecular flexibility index (Phi) is 10.2. The quantitative estimate of drug-likeness (QED) is 0.284. The number of hydrogen-bond donors (Lipinski definition) is 1. The van der Waals surface area contributed by atoms with Crippen LogP contribution in [0.1, 0.15) is 27.7 Å². The number of halogens is 1. The maximum Gasteiger partial charge on any atom is 0.303 e.